The zero-order chi connectivity index (χ0) is 7.40. The fourth-order valence-electron chi connectivity index (χ4n) is 1.03. The van der Waals surface area contributed by atoms with Gasteiger partial charge in [0, 0.05) is 18.1 Å². The molecule has 10 heavy (non-hydrogen) atoms. The van der Waals surface area contributed by atoms with Crippen LogP contribution in [0.5, 0.6) is 0 Å². The number of halogens is 1. The highest BCUT2D eigenvalue weighted by atomic mass is 35.5. The van der Waals surface area contributed by atoms with Crippen LogP contribution >= 0.6 is 11.6 Å². The quantitative estimate of drug-likeness (QED) is 0.644. The topological polar surface area (TPSA) is 32.3 Å². The van der Waals surface area contributed by atoms with Crippen molar-refractivity contribution in [3.05, 3.63) is 11.6 Å². The summed E-state index contributed by atoms with van der Waals surface area (Å²) in [7, 11) is 0. The summed E-state index contributed by atoms with van der Waals surface area (Å²) in [5.74, 6) is 0. The second kappa shape index (κ2) is 3.96. The number of aliphatic hydroxyl groups is 1. The highest BCUT2D eigenvalue weighted by molar-refractivity contribution is 6.25. The van der Waals surface area contributed by atoms with E-state index in [0.29, 0.717) is 6.04 Å². The van der Waals surface area contributed by atoms with Crippen LogP contribution in [0.4, 0.5) is 0 Å². The molecule has 1 aliphatic carbocycles. The third kappa shape index (κ3) is 2.29. The Labute approximate surface area is 65.9 Å². The lowest BCUT2D eigenvalue weighted by atomic mass is 9.90. The number of aliphatic hydroxyl groups excluding tert-OH is 1. The minimum Gasteiger partial charge on any atom is -0.393 e. The Hall–Kier alpha value is -0.0500. The Bertz CT molecular complexity index is 121. The fraction of sp³-hybridized carbons (Fsp3) is 0.714. The Balaban J connectivity index is 1.95. The molecule has 0 aromatic carbocycles. The molecule has 0 aromatic rings. The van der Waals surface area contributed by atoms with E-state index in [-0.39, 0.29) is 6.10 Å². The van der Waals surface area contributed by atoms with Crippen LogP contribution in [0.25, 0.3) is 0 Å². The van der Waals surface area contributed by atoms with Crippen LogP contribution in [0.15, 0.2) is 11.6 Å². The van der Waals surface area contributed by atoms with Crippen molar-refractivity contribution >= 4 is 11.6 Å². The van der Waals surface area contributed by atoms with Crippen molar-refractivity contribution in [2.45, 2.75) is 25.0 Å². The molecule has 0 spiro atoms. The van der Waals surface area contributed by atoms with E-state index in [1.807, 2.05) is 6.08 Å². The summed E-state index contributed by atoms with van der Waals surface area (Å²) in [6, 6.07) is 0.503. The molecule has 0 bridgehead atoms. The molecule has 3 heteroatoms. The summed E-state index contributed by atoms with van der Waals surface area (Å²) in [6.07, 6.45) is 3.55. The lowest BCUT2D eigenvalue weighted by Crippen LogP contribution is -2.44. The van der Waals surface area contributed by atoms with Crippen LogP contribution in [0, 0.1) is 0 Å². The second-order valence-electron chi connectivity index (χ2n) is 2.59. The van der Waals surface area contributed by atoms with Crippen molar-refractivity contribution in [2.75, 3.05) is 6.54 Å². The van der Waals surface area contributed by atoms with Crippen molar-refractivity contribution in [3.8, 4) is 0 Å². The molecule has 2 N–H and O–H groups in total. The van der Waals surface area contributed by atoms with E-state index < -0.39 is 0 Å². The van der Waals surface area contributed by atoms with Gasteiger partial charge in [-0.3, -0.25) is 0 Å². The molecule has 0 aliphatic heterocycles. The van der Waals surface area contributed by atoms with Gasteiger partial charge in [0.2, 0.25) is 0 Å². The van der Waals surface area contributed by atoms with Gasteiger partial charge in [-0.05, 0) is 12.8 Å². The largest absolute Gasteiger partial charge is 0.393 e. The molecule has 0 unspecified atom stereocenters. The highest BCUT2D eigenvalue weighted by Gasteiger charge is 2.25. The van der Waals surface area contributed by atoms with E-state index in [1.165, 1.54) is 5.54 Å². The van der Waals surface area contributed by atoms with Crippen molar-refractivity contribution in [1.82, 2.24) is 5.32 Å². The maximum Gasteiger partial charge on any atom is 0.0570 e. The van der Waals surface area contributed by atoms with E-state index >= 15 is 0 Å². The van der Waals surface area contributed by atoms with Gasteiger partial charge in [-0.15, -0.1) is 0 Å². The predicted octanol–water partition coefficient (Wildman–Crippen LogP) is 0.852. The molecule has 0 atom stereocenters. The molecule has 1 fully saturated rings. The predicted molar refractivity (Wildman–Crippen MR) is 42.0 cm³/mol. The molecule has 58 valence electrons. The van der Waals surface area contributed by atoms with Crippen LogP contribution in [0.1, 0.15) is 12.8 Å². The number of rotatable bonds is 3. The molecular weight excluding hydrogens is 150 g/mol. The smallest absolute Gasteiger partial charge is 0.0570 e. The second-order valence-corrected chi connectivity index (χ2v) is 2.84. The van der Waals surface area contributed by atoms with E-state index in [9.17, 15) is 0 Å². The molecule has 0 saturated heterocycles. The minimum atomic E-state index is -0.0718. The van der Waals surface area contributed by atoms with Gasteiger partial charge in [0.1, 0.15) is 0 Å². The molecule has 1 aliphatic rings. The van der Waals surface area contributed by atoms with Gasteiger partial charge in [-0.1, -0.05) is 17.7 Å². The van der Waals surface area contributed by atoms with E-state index in [1.54, 1.807) is 0 Å². The Morgan fingerprint density at radius 1 is 1.60 bits per heavy atom. The van der Waals surface area contributed by atoms with Gasteiger partial charge in [0.05, 0.1) is 6.10 Å². The van der Waals surface area contributed by atoms with Crippen LogP contribution in [-0.2, 0) is 0 Å². The summed E-state index contributed by atoms with van der Waals surface area (Å²) in [5, 5.41) is 12.1. The van der Waals surface area contributed by atoms with Crippen LogP contribution in [-0.4, -0.2) is 23.8 Å². The molecule has 2 nitrogen and oxygen atoms in total. The average Bonchev–Trinajstić information content (AvgIpc) is 1.85. The van der Waals surface area contributed by atoms with Gasteiger partial charge in [-0.25, -0.2) is 0 Å². The van der Waals surface area contributed by atoms with E-state index in [4.69, 9.17) is 16.7 Å². The first-order valence-corrected chi connectivity index (χ1v) is 3.93. The summed E-state index contributed by atoms with van der Waals surface area (Å²) in [6.45, 7) is 0.806. The van der Waals surface area contributed by atoms with E-state index in [2.05, 4.69) is 5.32 Å². The number of hydrogen-bond donors (Lipinski definition) is 2. The molecule has 0 aromatic heterocycles. The highest BCUT2D eigenvalue weighted by Crippen LogP contribution is 2.18. The standard InChI is InChI=1S/C7H12ClNO/c8-2-1-3-9-6-4-7(10)5-6/h1-2,6-7,9-10H,3-5H2/b2-1+. The number of hydrogen-bond acceptors (Lipinski definition) is 2. The maximum atomic E-state index is 8.89. The number of nitrogens with one attached hydrogen (secondary N) is 1. The van der Waals surface area contributed by atoms with Crippen molar-refractivity contribution in [2.24, 2.45) is 0 Å². The first-order chi connectivity index (χ1) is 4.83. The average molecular weight is 162 g/mol. The Morgan fingerprint density at radius 2 is 2.30 bits per heavy atom. The monoisotopic (exact) mass is 161 g/mol. The van der Waals surface area contributed by atoms with Gasteiger partial charge in [0.25, 0.3) is 0 Å². The molecular formula is C7H12ClNO. The maximum absolute atomic E-state index is 8.89. The van der Waals surface area contributed by atoms with Crippen LogP contribution in [0.2, 0.25) is 0 Å². The fourth-order valence-corrected chi connectivity index (χ4v) is 1.12. The Kier molecular flexibility index (Phi) is 3.19. The SMILES string of the molecule is OC1CC(NC/C=C/Cl)C1. The van der Waals surface area contributed by atoms with Gasteiger partial charge < -0.3 is 10.4 Å². The molecule has 1 saturated carbocycles. The lowest BCUT2D eigenvalue weighted by molar-refractivity contribution is 0.0641. The van der Waals surface area contributed by atoms with Crippen LogP contribution in [0.3, 0.4) is 0 Å². The zero-order valence-electron chi connectivity index (χ0n) is 5.76. The third-order valence-electron chi connectivity index (χ3n) is 1.73. The van der Waals surface area contributed by atoms with E-state index in [0.717, 1.165) is 19.4 Å². The van der Waals surface area contributed by atoms with Crippen molar-refractivity contribution < 1.29 is 5.11 Å². The summed E-state index contributed by atoms with van der Waals surface area (Å²) >= 11 is 5.30. The first-order valence-electron chi connectivity index (χ1n) is 3.49. The van der Waals surface area contributed by atoms with Gasteiger partial charge >= 0.3 is 0 Å². The van der Waals surface area contributed by atoms with Crippen molar-refractivity contribution in [1.29, 1.82) is 0 Å². The molecule has 0 radical (unpaired) electrons. The molecule has 0 amide bonds. The van der Waals surface area contributed by atoms with Crippen molar-refractivity contribution in [3.63, 3.8) is 0 Å². The normalized spacial score (nSPS) is 32.6. The summed E-state index contributed by atoms with van der Waals surface area (Å²) < 4.78 is 0. The first kappa shape index (κ1) is 8.05. The Morgan fingerprint density at radius 3 is 2.80 bits per heavy atom. The van der Waals surface area contributed by atoms with Crippen LogP contribution < -0.4 is 5.32 Å². The minimum absolute atomic E-state index is 0.0718. The lowest BCUT2D eigenvalue weighted by Gasteiger charge is -2.31. The molecule has 1 rings (SSSR count). The summed E-state index contributed by atoms with van der Waals surface area (Å²) in [4.78, 5) is 0. The molecule has 0 heterocycles. The summed E-state index contributed by atoms with van der Waals surface area (Å²) in [5.41, 5.74) is 1.50. The van der Waals surface area contributed by atoms with Gasteiger partial charge in [0.15, 0.2) is 0 Å². The zero-order valence-corrected chi connectivity index (χ0v) is 6.51. The third-order valence-corrected chi connectivity index (χ3v) is 1.90. The van der Waals surface area contributed by atoms with Gasteiger partial charge in [-0.2, -0.15) is 0 Å².